The second-order valence-electron chi connectivity index (χ2n) is 4.54. The number of hydrogen-bond acceptors (Lipinski definition) is 3. The highest BCUT2D eigenvalue weighted by Gasteiger charge is 2.25. The highest BCUT2D eigenvalue weighted by molar-refractivity contribution is 9.10. The molecule has 0 unspecified atom stereocenters. The number of amides is 1. The summed E-state index contributed by atoms with van der Waals surface area (Å²) in [5.41, 5.74) is 5.43. The quantitative estimate of drug-likeness (QED) is 0.879. The minimum absolute atomic E-state index is 0.0221. The summed E-state index contributed by atoms with van der Waals surface area (Å²) >= 11 is 3.29. The van der Waals surface area contributed by atoms with Crippen LogP contribution in [-0.2, 0) is 11.3 Å². The first-order valence-electron chi connectivity index (χ1n) is 5.94. The van der Waals surface area contributed by atoms with Crippen LogP contribution in [0.3, 0.4) is 0 Å². The summed E-state index contributed by atoms with van der Waals surface area (Å²) in [7, 11) is 0. The lowest BCUT2D eigenvalue weighted by molar-refractivity contribution is -0.130. The molecule has 1 aliphatic rings. The third-order valence-corrected chi connectivity index (χ3v) is 3.69. The van der Waals surface area contributed by atoms with E-state index in [0.29, 0.717) is 19.0 Å². The Labute approximate surface area is 114 Å². The minimum atomic E-state index is -0.166. The predicted octanol–water partition coefficient (Wildman–Crippen LogP) is 0.418. The standard InChI is InChI=1S/C12H16BrN3O2/c13-10-1-2-11(17)16(7-10)8-12(18)15-4-3-9(5-14)6-15/h1-2,7,9H,3-6,8,14H2/t9-/m0/s1. The molecule has 2 heterocycles. The first kappa shape index (κ1) is 13.3. The van der Waals surface area contributed by atoms with Gasteiger partial charge in [-0.05, 0) is 40.9 Å². The number of pyridine rings is 1. The lowest BCUT2D eigenvalue weighted by atomic mass is 10.1. The maximum atomic E-state index is 12.0. The SMILES string of the molecule is NC[C@@H]1CCN(C(=O)Cn2cc(Br)ccc2=O)C1. The normalized spacial score (nSPS) is 19.2. The fourth-order valence-electron chi connectivity index (χ4n) is 2.12. The third kappa shape index (κ3) is 3.00. The smallest absolute Gasteiger partial charge is 0.251 e. The van der Waals surface area contributed by atoms with Crippen LogP contribution in [0, 0.1) is 5.92 Å². The Balaban J connectivity index is 2.03. The first-order chi connectivity index (χ1) is 8.60. The summed E-state index contributed by atoms with van der Waals surface area (Å²) < 4.78 is 2.21. The van der Waals surface area contributed by atoms with Crippen LogP contribution in [0.1, 0.15) is 6.42 Å². The summed E-state index contributed by atoms with van der Waals surface area (Å²) in [5.74, 6) is 0.374. The van der Waals surface area contributed by atoms with Gasteiger partial charge < -0.3 is 15.2 Å². The molecule has 1 aromatic heterocycles. The van der Waals surface area contributed by atoms with E-state index in [1.54, 1.807) is 17.2 Å². The zero-order chi connectivity index (χ0) is 13.1. The van der Waals surface area contributed by atoms with Crippen molar-refractivity contribution in [1.29, 1.82) is 0 Å². The summed E-state index contributed by atoms with van der Waals surface area (Å²) in [5, 5.41) is 0. The van der Waals surface area contributed by atoms with Gasteiger partial charge in [0.1, 0.15) is 6.54 Å². The van der Waals surface area contributed by atoms with Crippen LogP contribution in [0.5, 0.6) is 0 Å². The van der Waals surface area contributed by atoms with Crippen LogP contribution < -0.4 is 11.3 Å². The fourth-order valence-corrected chi connectivity index (χ4v) is 2.50. The molecule has 0 aromatic carbocycles. The molecule has 1 atom stereocenters. The highest BCUT2D eigenvalue weighted by atomic mass is 79.9. The van der Waals surface area contributed by atoms with E-state index in [4.69, 9.17) is 5.73 Å². The van der Waals surface area contributed by atoms with Crippen LogP contribution in [0.15, 0.2) is 27.6 Å². The van der Waals surface area contributed by atoms with Gasteiger partial charge in [0.05, 0.1) is 0 Å². The number of carbonyl (C=O) groups is 1. The molecule has 98 valence electrons. The number of hydrogen-bond donors (Lipinski definition) is 1. The summed E-state index contributed by atoms with van der Waals surface area (Å²) in [4.78, 5) is 25.4. The molecule has 1 fully saturated rings. The number of aromatic nitrogens is 1. The van der Waals surface area contributed by atoms with Crippen LogP contribution in [-0.4, -0.2) is 35.0 Å². The first-order valence-corrected chi connectivity index (χ1v) is 6.73. The van der Waals surface area contributed by atoms with Crippen molar-refractivity contribution in [3.63, 3.8) is 0 Å². The topological polar surface area (TPSA) is 68.3 Å². The molecular formula is C12H16BrN3O2. The van der Waals surface area contributed by atoms with Crippen molar-refractivity contribution in [1.82, 2.24) is 9.47 Å². The molecule has 2 N–H and O–H groups in total. The molecule has 18 heavy (non-hydrogen) atoms. The number of nitrogens with two attached hydrogens (primary N) is 1. The zero-order valence-corrected chi connectivity index (χ0v) is 11.6. The Morgan fingerprint density at radius 3 is 2.94 bits per heavy atom. The van der Waals surface area contributed by atoms with Gasteiger partial charge in [0.15, 0.2) is 0 Å². The number of rotatable bonds is 3. The average molecular weight is 314 g/mol. The molecule has 1 saturated heterocycles. The van der Waals surface area contributed by atoms with E-state index in [2.05, 4.69) is 15.9 Å². The van der Waals surface area contributed by atoms with E-state index in [9.17, 15) is 9.59 Å². The molecule has 1 amide bonds. The second-order valence-corrected chi connectivity index (χ2v) is 5.46. The molecule has 2 rings (SSSR count). The molecule has 0 radical (unpaired) electrons. The Hall–Kier alpha value is -1.14. The molecule has 6 heteroatoms. The Bertz CT molecular complexity index is 500. The number of likely N-dealkylation sites (tertiary alicyclic amines) is 1. The number of carbonyl (C=O) groups excluding carboxylic acids is 1. The number of nitrogens with zero attached hydrogens (tertiary/aromatic N) is 2. The van der Waals surface area contributed by atoms with E-state index in [1.165, 1.54) is 10.6 Å². The Morgan fingerprint density at radius 1 is 1.50 bits per heavy atom. The van der Waals surface area contributed by atoms with Crippen molar-refractivity contribution in [3.05, 3.63) is 33.2 Å². The summed E-state index contributed by atoms with van der Waals surface area (Å²) in [6, 6.07) is 3.12. The van der Waals surface area contributed by atoms with Crippen molar-refractivity contribution >= 4 is 21.8 Å². The monoisotopic (exact) mass is 313 g/mol. The van der Waals surface area contributed by atoms with Gasteiger partial charge in [-0.15, -0.1) is 0 Å². The van der Waals surface area contributed by atoms with E-state index in [-0.39, 0.29) is 18.0 Å². The fraction of sp³-hybridized carbons (Fsp3) is 0.500. The van der Waals surface area contributed by atoms with E-state index >= 15 is 0 Å². The van der Waals surface area contributed by atoms with Gasteiger partial charge in [0.25, 0.3) is 5.56 Å². The molecule has 5 nitrogen and oxygen atoms in total. The van der Waals surface area contributed by atoms with Gasteiger partial charge in [-0.1, -0.05) is 0 Å². The van der Waals surface area contributed by atoms with Crippen molar-refractivity contribution in [2.45, 2.75) is 13.0 Å². The van der Waals surface area contributed by atoms with E-state index in [1.807, 2.05) is 0 Å². The van der Waals surface area contributed by atoms with E-state index in [0.717, 1.165) is 17.4 Å². The van der Waals surface area contributed by atoms with Gasteiger partial charge in [0.2, 0.25) is 5.91 Å². The predicted molar refractivity (Wildman–Crippen MR) is 72.1 cm³/mol. The van der Waals surface area contributed by atoms with Gasteiger partial charge in [0, 0.05) is 29.8 Å². The molecule has 1 aliphatic heterocycles. The second kappa shape index (κ2) is 5.67. The average Bonchev–Trinajstić information content (AvgIpc) is 2.82. The maximum Gasteiger partial charge on any atom is 0.251 e. The van der Waals surface area contributed by atoms with Crippen LogP contribution in [0.4, 0.5) is 0 Å². The Kier molecular flexibility index (Phi) is 4.19. The van der Waals surface area contributed by atoms with Crippen molar-refractivity contribution in [2.24, 2.45) is 11.7 Å². The van der Waals surface area contributed by atoms with E-state index < -0.39 is 0 Å². The lowest BCUT2D eigenvalue weighted by Gasteiger charge is -2.17. The molecule has 1 aromatic rings. The molecule has 0 aliphatic carbocycles. The minimum Gasteiger partial charge on any atom is -0.341 e. The van der Waals surface area contributed by atoms with Crippen LogP contribution in [0.2, 0.25) is 0 Å². The summed E-state index contributed by atoms with van der Waals surface area (Å²) in [6.07, 6.45) is 2.59. The molecular weight excluding hydrogens is 298 g/mol. The van der Waals surface area contributed by atoms with Gasteiger partial charge in [-0.3, -0.25) is 9.59 Å². The molecule has 0 bridgehead atoms. The lowest BCUT2D eigenvalue weighted by Crippen LogP contribution is -2.35. The van der Waals surface area contributed by atoms with Crippen molar-refractivity contribution in [3.8, 4) is 0 Å². The zero-order valence-electron chi connectivity index (χ0n) is 10.0. The Morgan fingerprint density at radius 2 is 2.28 bits per heavy atom. The largest absolute Gasteiger partial charge is 0.341 e. The van der Waals surface area contributed by atoms with Crippen LogP contribution >= 0.6 is 15.9 Å². The van der Waals surface area contributed by atoms with Crippen molar-refractivity contribution < 1.29 is 4.79 Å². The molecule has 0 saturated carbocycles. The summed E-state index contributed by atoms with van der Waals surface area (Å²) in [6.45, 7) is 2.15. The maximum absolute atomic E-state index is 12.0. The van der Waals surface area contributed by atoms with Crippen LogP contribution in [0.25, 0.3) is 0 Å². The molecule has 0 spiro atoms. The van der Waals surface area contributed by atoms with Gasteiger partial charge in [-0.25, -0.2) is 0 Å². The highest BCUT2D eigenvalue weighted by Crippen LogP contribution is 2.15. The van der Waals surface area contributed by atoms with Gasteiger partial charge in [-0.2, -0.15) is 0 Å². The third-order valence-electron chi connectivity index (χ3n) is 3.22. The number of halogens is 1. The van der Waals surface area contributed by atoms with Crippen molar-refractivity contribution in [2.75, 3.05) is 19.6 Å². The van der Waals surface area contributed by atoms with Gasteiger partial charge >= 0.3 is 0 Å².